The molecule has 0 saturated heterocycles. The topological polar surface area (TPSA) is 73.6 Å². The highest BCUT2D eigenvalue weighted by Gasteiger charge is 2.10. The van der Waals surface area contributed by atoms with E-state index in [1.165, 1.54) is 12.1 Å². The minimum atomic E-state index is -0.415. The predicted molar refractivity (Wildman–Crippen MR) is 62.5 cm³/mol. The molecular formula is C11H16N2O4. The Kier molecular flexibility index (Phi) is 5.55. The van der Waals surface area contributed by atoms with E-state index in [2.05, 4.69) is 5.48 Å². The lowest BCUT2D eigenvalue weighted by Crippen LogP contribution is -2.21. The van der Waals surface area contributed by atoms with Gasteiger partial charge in [-0.25, -0.2) is 0 Å². The highest BCUT2D eigenvalue weighted by molar-refractivity contribution is 5.35. The molecule has 1 rings (SSSR count). The quantitative estimate of drug-likeness (QED) is 0.447. The second kappa shape index (κ2) is 6.95. The molecule has 0 aliphatic rings. The number of benzene rings is 1. The first-order valence-electron chi connectivity index (χ1n) is 5.25. The fraction of sp³-hybridized carbons (Fsp3) is 0.455. The first-order valence-corrected chi connectivity index (χ1v) is 5.25. The number of nitro groups is 1. The average molecular weight is 240 g/mol. The summed E-state index contributed by atoms with van der Waals surface area (Å²) in [6.45, 7) is 2.79. The molecule has 0 spiro atoms. The van der Waals surface area contributed by atoms with Gasteiger partial charge in [0, 0.05) is 19.2 Å². The Hall–Kier alpha value is -1.50. The van der Waals surface area contributed by atoms with Crippen LogP contribution in [0.3, 0.4) is 0 Å². The zero-order valence-corrected chi connectivity index (χ0v) is 9.88. The summed E-state index contributed by atoms with van der Waals surface area (Å²) in [7, 11) is 1.59. The molecule has 0 radical (unpaired) electrons. The van der Waals surface area contributed by atoms with Crippen molar-refractivity contribution in [1.29, 1.82) is 0 Å². The molecule has 1 aromatic rings. The van der Waals surface area contributed by atoms with Crippen molar-refractivity contribution < 1.29 is 14.5 Å². The molecule has 0 saturated carbocycles. The SMILES string of the molecule is COCCONC(C)c1cccc([N+](=O)[O-])c1. The van der Waals surface area contributed by atoms with E-state index < -0.39 is 4.92 Å². The van der Waals surface area contributed by atoms with Crippen LogP contribution in [0.2, 0.25) is 0 Å². The van der Waals surface area contributed by atoms with Crippen LogP contribution in [0.15, 0.2) is 24.3 Å². The summed E-state index contributed by atoms with van der Waals surface area (Å²) in [5, 5.41) is 10.6. The standard InChI is InChI=1S/C11H16N2O4/c1-9(12-17-7-6-16-2)10-4-3-5-11(8-10)13(14)15/h3-5,8-9,12H,6-7H2,1-2H3. The summed E-state index contributed by atoms with van der Waals surface area (Å²) < 4.78 is 4.83. The summed E-state index contributed by atoms with van der Waals surface area (Å²) >= 11 is 0. The maximum atomic E-state index is 10.6. The minimum Gasteiger partial charge on any atom is -0.382 e. The van der Waals surface area contributed by atoms with Crippen molar-refractivity contribution in [2.45, 2.75) is 13.0 Å². The Morgan fingerprint density at radius 3 is 2.88 bits per heavy atom. The number of rotatable bonds is 7. The van der Waals surface area contributed by atoms with E-state index in [1.54, 1.807) is 13.2 Å². The van der Waals surface area contributed by atoms with Gasteiger partial charge in [0.05, 0.1) is 24.2 Å². The van der Waals surface area contributed by atoms with E-state index in [0.717, 1.165) is 5.56 Å². The molecule has 0 aliphatic carbocycles. The molecule has 0 heterocycles. The van der Waals surface area contributed by atoms with Gasteiger partial charge in [-0.05, 0) is 12.5 Å². The Balaban J connectivity index is 2.53. The van der Waals surface area contributed by atoms with Crippen molar-refractivity contribution in [3.05, 3.63) is 39.9 Å². The van der Waals surface area contributed by atoms with Crippen LogP contribution in [-0.4, -0.2) is 25.2 Å². The fourth-order valence-corrected chi connectivity index (χ4v) is 1.28. The first kappa shape index (κ1) is 13.6. The van der Waals surface area contributed by atoms with Gasteiger partial charge in [0.25, 0.3) is 5.69 Å². The van der Waals surface area contributed by atoms with Crippen LogP contribution in [0.1, 0.15) is 18.5 Å². The van der Waals surface area contributed by atoms with E-state index >= 15 is 0 Å². The van der Waals surface area contributed by atoms with Crippen LogP contribution < -0.4 is 5.48 Å². The number of hydrogen-bond acceptors (Lipinski definition) is 5. The first-order chi connectivity index (χ1) is 8.15. The minimum absolute atomic E-state index is 0.0769. The molecular weight excluding hydrogens is 224 g/mol. The average Bonchev–Trinajstić information content (AvgIpc) is 2.34. The third-order valence-electron chi connectivity index (χ3n) is 2.23. The summed E-state index contributed by atoms with van der Waals surface area (Å²) in [4.78, 5) is 15.3. The third-order valence-corrected chi connectivity index (χ3v) is 2.23. The lowest BCUT2D eigenvalue weighted by molar-refractivity contribution is -0.384. The summed E-state index contributed by atoms with van der Waals surface area (Å²) in [5.41, 5.74) is 3.68. The normalized spacial score (nSPS) is 12.4. The molecule has 0 fully saturated rings. The highest BCUT2D eigenvalue weighted by atomic mass is 16.7. The van der Waals surface area contributed by atoms with E-state index in [4.69, 9.17) is 9.57 Å². The van der Waals surface area contributed by atoms with Crippen LogP contribution in [0, 0.1) is 10.1 Å². The Morgan fingerprint density at radius 2 is 2.24 bits per heavy atom. The van der Waals surface area contributed by atoms with Crippen LogP contribution >= 0.6 is 0 Å². The second-order valence-corrected chi connectivity index (χ2v) is 3.53. The number of nitrogens with one attached hydrogen (secondary N) is 1. The van der Waals surface area contributed by atoms with E-state index in [-0.39, 0.29) is 11.7 Å². The molecule has 17 heavy (non-hydrogen) atoms. The lowest BCUT2D eigenvalue weighted by Gasteiger charge is -2.13. The maximum Gasteiger partial charge on any atom is 0.269 e. The third kappa shape index (κ3) is 4.48. The van der Waals surface area contributed by atoms with Gasteiger partial charge in [-0.1, -0.05) is 12.1 Å². The maximum absolute atomic E-state index is 10.6. The summed E-state index contributed by atoms with van der Waals surface area (Å²) in [6.07, 6.45) is 0. The van der Waals surface area contributed by atoms with Crippen LogP contribution in [0.4, 0.5) is 5.69 Å². The van der Waals surface area contributed by atoms with Gasteiger partial charge in [-0.2, -0.15) is 5.48 Å². The van der Waals surface area contributed by atoms with Crippen LogP contribution in [-0.2, 0) is 9.57 Å². The van der Waals surface area contributed by atoms with Crippen LogP contribution in [0.25, 0.3) is 0 Å². The molecule has 0 aromatic heterocycles. The van der Waals surface area contributed by atoms with Gasteiger partial charge in [-0.3, -0.25) is 15.0 Å². The van der Waals surface area contributed by atoms with Gasteiger partial charge in [0.1, 0.15) is 0 Å². The van der Waals surface area contributed by atoms with Crippen molar-refractivity contribution in [2.75, 3.05) is 20.3 Å². The number of nitro benzene ring substituents is 1. The molecule has 6 heteroatoms. The van der Waals surface area contributed by atoms with Crippen molar-refractivity contribution in [1.82, 2.24) is 5.48 Å². The molecule has 0 bridgehead atoms. The zero-order valence-electron chi connectivity index (χ0n) is 9.88. The molecule has 1 atom stereocenters. The smallest absolute Gasteiger partial charge is 0.269 e. The number of hydrogen-bond donors (Lipinski definition) is 1. The molecule has 0 aliphatic heterocycles. The molecule has 0 amide bonds. The highest BCUT2D eigenvalue weighted by Crippen LogP contribution is 2.18. The Labute approximate surface area is 99.6 Å². The van der Waals surface area contributed by atoms with Crippen molar-refractivity contribution in [2.24, 2.45) is 0 Å². The predicted octanol–water partition coefficient (Wildman–Crippen LogP) is 1.82. The number of nitrogens with zero attached hydrogens (tertiary/aromatic N) is 1. The summed E-state index contributed by atoms with van der Waals surface area (Å²) in [5.74, 6) is 0. The number of hydroxylamine groups is 1. The van der Waals surface area contributed by atoms with Crippen LogP contribution in [0.5, 0.6) is 0 Å². The molecule has 6 nitrogen and oxygen atoms in total. The zero-order chi connectivity index (χ0) is 12.7. The molecule has 1 unspecified atom stereocenters. The Bertz CT molecular complexity index is 370. The van der Waals surface area contributed by atoms with E-state index in [0.29, 0.717) is 13.2 Å². The largest absolute Gasteiger partial charge is 0.382 e. The van der Waals surface area contributed by atoms with Gasteiger partial charge in [-0.15, -0.1) is 0 Å². The Morgan fingerprint density at radius 1 is 1.47 bits per heavy atom. The van der Waals surface area contributed by atoms with E-state index in [1.807, 2.05) is 13.0 Å². The molecule has 1 N–H and O–H groups in total. The van der Waals surface area contributed by atoms with Gasteiger partial charge < -0.3 is 4.74 Å². The number of non-ortho nitro benzene ring substituents is 1. The van der Waals surface area contributed by atoms with Crippen molar-refractivity contribution >= 4 is 5.69 Å². The number of ether oxygens (including phenoxy) is 1. The second-order valence-electron chi connectivity index (χ2n) is 3.53. The molecule has 1 aromatic carbocycles. The van der Waals surface area contributed by atoms with Gasteiger partial charge >= 0.3 is 0 Å². The summed E-state index contributed by atoms with van der Waals surface area (Å²) in [6, 6.07) is 6.33. The van der Waals surface area contributed by atoms with Gasteiger partial charge in [0.2, 0.25) is 0 Å². The van der Waals surface area contributed by atoms with Gasteiger partial charge in [0.15, 0.2) is 0 Å². The monoisotopic (exact) mass is 240 g/mol. The van der Waals surface area contributed by atoms with E-state index in [9.17, 15) is 10.1 Å². The number of methoxy groups -OCH3 is 1. The van der Waals surface area contributed by atoms with Crippen molar-refractivity contribution in [3.63, 3.8) is 0 Å². The van der Waals surface area contributed by atoms with Crippen molar-refractivity contribution in [3.8, 4) is 0 Å². The lowest BCUT2D eigenvalue weighted by atomic mass is 10.1. The molecule has 94 valence electrons. The fourth-order valence-electron chi connectivity index (χ4n) is 1.28.